The summed E-state index contributed by atoms with van der Waals surface area (Å²) in [5.74, 6) is -0.0547. The van der Waals surface area contributed by atoms with Gasteiger partial charge in [0.1, 0.15) is 0 Å². The first kappa shape index (κ1) is 16.6. The van der Waals surface area contributed by atoms with E-state index in [0.29, 0.717) is 11.3 Å². The summed E-state index contributed by atoms with van der Waals surface area (Å²) in [7, 11) is 2.66. The standard InChI is InChI=1S/C12H14ClN3O5/c1-19-9-4-7(5-15-16-12(14)18)3-8(13)11(9)21-6-10(17)20-2/h3-5H,6H2,1-2H3,(H3,14,16,18)/b15-5-. The highest BCUT2D eigenvalue weighted by Crippen LogP contribution is 2.36. The lowest BCUT2D eigenvalue weighted by molar-refractivity contribution is -0.142. The van der Waals surface area contributed by atoms with Crippen LogP contribution in [0, 0.1) is 0 Å². The van der Waals surface area contributed by atoms with Gasteiger partial charge < -0.3 is 19.9 Å². The van der Waals surface area contributed by atoms with E-state index < -0.39 is 12.0 Å². The molecule has 0 aliphatic heterocycles. The van der Waals surface area contributed by atoms with Gasteiger partial charge in [0.05, 0.1) is 25.5 Å². The summed E-state index contributed by atoms with van der Waals surface area (Å²) in [6.07, 6.45) is 1.32. The maximum atomic E-state index is 11.1. The van der Waals surface area contributed by atoms with Crippen molar-refractivity contribution in [2.75, 3.05) is 20.8 Å². The van der Waals surface area contributed by atoms with Gasteiger partial charge in [-0.15, -0.1) is 0 Å². The molecular weight excluding hydrogens is 302 g/mol. The van der Waals surface area contributed by atoms with Gasteiger partial charge in [-0.25, -0.2) is 15.0 Å². The third kappa shape index (κ3) is 5.19. The van der Waals surface area contributed by atoms with Gasteiger partial charge in [-0.3, -0.25) is 0 Å². The summed E-state index contributed by atoms with van der Waals surface area (Å²) in [5, 5.41) is 3.80. The van der Waals surface area contributed by atoms with Crippen LogP contribution in [0.25, 0.3) is 0 Å². The Morgan fingerprint density at radius 3 is 2.71 bits per heavy atom. The SMILES string of the molecule is COC(=O)COc1c(Cl)cc(/C=N\NC(N)=O)cc1OC. The Morgan fingerprint density at radius 1 is 1.43 bits per heavy atom. The fourth-order valence-corrected chi connectivity index (χ4v) is 1.59. The first-order valence-corrected chi connectivity index (χ1v) is 6.01. The second-order valence-electron chi connectivity index (χ2n) is 3.63. The van der Waals surface area contributed by atoms with Crippen LogP contribution in [0.4, 0.5) is 4.79 Å². The molecule has 1 rings (SSSR count). The zero-order valence-corrected chi connectivity index (χ0v) is 12.1. The molecule has 0 radical (unpaired) electrons. The number of nitrogens with one attached hydrogen (secondary N) is 1. The lowest BCUT2D eigenvalue weighted by Gasteiger charge is -2.12. The minimum Gasteiger partial charge on any atom is -0.493 e. The number of carbonyl (C=O) groups excluding carboxylic acids is 2. The molecular formula is C12H14ClN3O5. The van der Waals surface area contributed by atoms with Crippen LogP contribution in [0.1, 0.15) is 5.56 Å². The van der Waals surface area contributed by atoms with E-state index in [1.54, 1.807) is 6.07 Å². The van der Waals surface area contributed by atoms with E-state index >= 15 is 0 Å². The van der Waals surface area contributed by atoms with Crippen LogP contribution in [0.5, 0.6) is 11.5 Å². The summed E-state index contributed by atoms with van der Waals surface area (Å²) in [6.45, 7) is -0.302. The van der Waals surface area contributed by atoms with E-state index in [4.69, 9.17) is 26.8 Å². The van der Waals surface area contributed by atoms with E-state index in [0.717, 1.165) is 0 Å². The van der Waals surface area contributed by atoms with Crippen molar-refractivity contribution in [3.63, 3.8) is 0 Å². The van der Waals surface area contributed by atoms with E-state index in [1.807, 2.05) is 5.43 Å². The molecule has 0 bridgehead atoms. The third-order valence-corrected chi connectivity index (χ3v) is 2.48. The smallest absolute Gasteiger partial charge is 0.343 e. The number of urea groups is 1. The van der Waals surface area contributed by atoms with Crippen LogP contribution in [-0.4, -0.2) is 39.0 Å². The molecule has 0 atom stereocenters. The first-order valence-electron chi connectivity index (χ1n) is 5.63. The van der Waals surface area contributed by atoms with Gasteiger partial charge in [-0.05, 0) is 17.7 Å². The normalized spacial score (nSPS) is 10.2. The van der Waals surface area contributed by atoms with Crippen molar-refractivity contribution in [3.05, 3.63) is 22.7 Å². The van der Waals surface area contributed by atoms with Crippen LogP contribution < -0.4 is 20.6 Å². The molecule has 0 unspecified atom stereocenters. The highest BCUT2D eigenvalue weighted by molar-refractivity contribution is 6.32. The molecule has 3 N–H and O–H groups in total. The number of ether oxygens (including phenoxy) is 3. The molecule has 0 heterocycles. The zero-order chi connectivity index (χ0) is 15.8. The van der Waals surface area contributed by atoms with Gasteiger partial charge in [0, 0.05) is 0 Å². The third-order valence-electron chi connectivity index (χ3n) is 2.20. The minimum absolute atomic E-state index is 0.199. The predicted octanol–water partition coefficient (Wildman–Crippen LogP) is 0.903. The van der Waals surface area contributed by atoms with Crippen LogP contribution in [0.2, 0.25) is 5.02 Å². The van der Waals surface area contributed by atoms with Crippen molar-refractivity contribution < 1.29 is 23.8 Å². The molecule has 0 fully saturated rings. The van der Waals surface area contributed by atoms with Crippen molar-refractivity contribution >= 4 is 29.8 Å². The average molecular weight is 316 g/mol. The number of hydrogen-bond donors (Lipinski definition) is 2. The lowest BCUT2D eigenvalue weighted by atomic mass is 10.2. The molecule has 0 spiro atoms. The number of carbonyl (C=O) groups is 2. The number of hydrogen-bond acceptors (Lipinski definition) is 6. The molecule has 8 nitrogen and oxygen atoms in total. The molecule has 2 amide bonds. The molecule has 1 aromatic carbocycles. The maximum Gasteiger partial charge on any atom is 0.343 e. The number of esters is 1. The van der Waals surface area contributed by atoms with Gasteiger partial charge in [0.2, 0.25) is 0 Å². The number of halogens is 1. The number of primary amides is 1. The Bertz CT molecular complexity index is 562. The topological polar surface area (TPSA) is 112 Å². The summed E-state index contributed by atoms with van der Waals surface area (Å²) >= 11 is 6.05. The summed E-state index contributed by atoms with van der Waals surface area (Å²) in [5.41, 5.74) is 7.45. The molecule has 21 heavy (non-hydrogen) atoms. The second-order valence-corrected chi connectivity index (χ2v) is 4.04. The summed E-state index contributed by atoms with van der Waals surface area (Å²) in [4.78, 5) is 21.6. The molecule has 0 aliphatic rings. The molecule has 114 valence electrons. The fraction of sp³-hybridized carbons (Fsp3) is 0.250. The molecule has 1 aromatic rings. The number of amides is 2. The van der Waals surface area contributed by atoms with Gasteiger partial charge in [-0.2, -0.15) is 5.10 Å². The highest BCUT2D eigenvalue weighted by Gasteiger charge is 2.13. The summed E-state index contributed by atoms with van der Waals surface area (Å²) < 4.78 is 14.8. The Morgan fingerprint density at radius 2 is 2.14 bits per heavy atom. The first-order chi connectivity index (χ1) is 9.97. The van der Waals surface area contributed by atoms with Gasteiger partial charge in [0.25, 0.3) is 0 Å². The molecule has 0 aliphatic carbocycles. The number of hydrazone groups is 1. The van der Waals surface area contributed by atoms with E-state index in [9.17, 15) is 9.59 Å². The summed E-state index contributed by atoms with van der Waals surface area (Å²) in [6, 6.07) is 2.29. The molecule has 0 saturated carbocycles. The maximum absolute atomic E-state index is 11.1. The Balaban J connectivity index is 2.93. The Kier molecular flexibility index (Phi) is 6.28. The van der Waals surface area contributed by atoms with Gasteiger partial charge in [-0.1, -0.05) is 11.6 Å². The van der Waals surface area contributed by atoms with Gasteiger partial charge >= 0.3 is 12.0 Å². The van der Waals surface area contributed by atoms with Crippen LogP contribution >= 0.6 is 11.6 Å². The number of nitrogens with zero attached hydrogens (tertiary/aromatic N) is 1. The zero-order valence-electron chi connectivity index (χ0n) is 11.4. The lowest BCUT2D eigenvalue weighted by Crippen LogP contribution is -2.24. The van der Waals surface area contributed by atoms with Crippen LogP contribution in [0.15, 0.2) is 17.2 Å². The quantitative estimate of drug-likeness (QED) is 0.460. The number of methoxy groups -OCH3 is 2. The highest BCUT2D eigenvalue weighted by atomic mass is 35.5. The van der Waals surface area contributed by atoms with Crippen molar-refractivity contribution in [2.24, 2.45) is 10.8 Å². The van der Waals surface area contributed by atoms with Crippen molar-refractivity contribution in [2.45, 2.75) is 0 Å². The van der Waals surface area contributed by atoms with Crippen LogP contribution in [-0.2, 0) is 9.53 Å². The number of benzene rings is 1. The predicted molar refractivity (Wildman–Crippen MR) is 75.8 cm³/mol. The minimum atomic E-state index is -0.789. The average Bonchev–Trinajstić information content (AvgIpc) is 2.44. The molecule has 0 aromatic heterocycles. The van der Waals surface area contributed by atoms with E-state index in [-0.39, 0.29) is 17.4 Å². The van der Waals surface area contributed by atoms with Gasteiger partial charge in [0.15, 0.2) is 18.1 Å². The number of nitrogens with two attached hydrogens (primary N) is 1. The van der Waals surface area contributed by atoms with Crippen LogP contribution in [0.3, 0.4) is 0 Å². The second kappa shape index (κ2) is 7.95. The Hall–Kier alpha value is -2.48. The fourth-order valence-electron chi connectivity index (χ4n) is 1.31. The number of rotatable bonds is 6. The van der Waals surface area contributed by atoms with Crippen molar-refractivity contribution in [1.29, 1.82) is 0 Å². The monoisotopic (exact) mass is 315 g/mol. The van der Waals surface area contributed by atoms with E-state index in [2.05, 4.69) is 9.84 Å². The Labute approximate surface area is 125 Å². The molecule has 0 saturated heterocycles. The molecule has 9 heteroatoms. The van der Waals surface area contributed by atoms with Crippen molar-refractivity contribution in [3.8, 4) is 11.5 Å². The largest absolute Gasteiger partial charge is 0.493 e. The van der Waals surface area contributed by atoms with Crippen molar-refractivity contribution in [1.82, 2.24) is 5.43 Å². The van der Waals surface area contributed by atoms with E-state index in [1.165, 1.54) is 26.5 Å².